The van der Waals surface area contributed by atoms with E-state index in [-0.39, 0.29) is 11.5 Å². The van der Waals surface area contributed by atoms with Gasteiger partial charge in [0.2, 0.25) is 5.91 Å². The molecular weight excluding hydrogens is 347 g/mol. The van der Waals surface area contributed by atoms with Crippen molar-refractivity contribution < 1.29 is 9.18 Å². The van der Waals surface area contributed by atoms with E-state index in [1.165, 1.54) is 13.0 Å². The number of fused-ring (bicyclic) bond motifs is 1. The number of anilines is 3. The second-order valence-electron chi connectivity index (χ2n) is 6.22. The predicted molar refractivity (Wildman–Crippen MR) is 101 cm³/mol. The highest BCUT2D eigenvalue weighted by atomic mass is 19.1. The monoisotopic (exact) mass is 366 g/mol. The molecule has 3 aromatic rings. The number of imidazole rings is 1. The number of nitriles is 1. The minimum atomic E-state index is -0.499. The number of nitrogens with zero attached hydrogens (tertiary/aromatic N) is 5. The highest BCUT2D eigenvalue weighted by Crippen LogP contribution is 2.33. The number of amides is 1. The van der Waals surface area contributed by atoms with E-state index >= 15 is 0 Å². The molecule has 27 heavy (non-hydrogen) atoms. The fourth-order valence-corrected chi connectivity index (χ4v) is 3.02. The maximum absolute atomic E-state index is 14.8. The van der Waals surface area contributed by atoms with E-state index in [1.807, 2.05) is 20.0 Å². The number of rotatable bonds is 4. The third-order valence-electron chi connectivity index (χ3n) is 4.32. The van der Waals surface area contributed by atoms with Crippen LogP contribution >= 0.6 is 0 Å². The second-order valence-corrected chi connectivity index (χ2v) is 6.22. The summed E-state index contributed by atoms with van der Waals surface area (Å²) in [4.78, 5) is 21.9. The van der Waals surface area contributed by atoms with Gasteiger partial charge in [-0.05, 0) is 24.1 Å². The van der Waals surface area contributed by atoms with Crippen molar-refractivity contribution in [1.82, 2.24) is 14.5 Å². The number of carbonyl (C=O) groups is 1. The van der Waals surface area contributed by atoms with Gasteiger partial charge in [0.1, 0.15) is 17.2 Å². The Balaban J connectivity index is 2.19. The molecule has 0 saturated carbocycles. The first kappa shape index (κ1) is 18.3. The first-order chi connectivity index (χ1) is 12.8. The Morgan fingerprint density at radius 1 is 1.41 bits per heavy atom. The van der Waals surface area contributed by atoms with E-state index in [4.69, 9.17) is 5.26 Å². The molecule has 3 rings (SSSR count). The fourth-order valence-electron chi connectivity index (χ4n) is 3.02. The molecule has 1 amide bonds. The summed E-state index contributed by atoms with van der Waals surface area (Å²) in [6.45, 7) is 3.29. The van der Waals surface area contributed by atoms with Crippen LogP contribution in [-0.2, 0) is 18.3 Å². The van der Waals surface area contributed by atoms with Crippen molar-refractivity contribution in [3.05, 3.63) is 41.5 Å². The molecule has 7 nitrogen and oxygen atoms in total. The molecule has 0 fully saturated rings. The van der Waals surface area contributed by atoms with Crippen LogP contribution in [0.4, 0.5) is 21.7 Å². The molecule has 8 heteroatoms. The van der Waals surface area contributed by atoms with Crippen LogP contribution in [-0.4, -0.2) is 27.5 Å². The van der Waals surface area contributed by atoms with Gasteiger partial charge in [-0.1, -0.05) is 6.92 Å². The van der Waals surface area contributed by atoms with E-state index < -0.39 is 5.82 Å². The molecule has 2 heterocycles. The van der Waals surface area contributed by atoms with E-state index in [9.17, 15) is 9.18 Å². The first-order valence-electron chi connectivity index (χ1n) is 8.41. The van der Waals surface area contributed by atoms with Crippen molar-refractivity contribution in [2.45, 2.75) is 20.3 Å². The lowest BCUT2D eigenvalue weighted by Crippen LogP contribution is -2.17. The molecule has 0 aliphatic rings. The Morgan fingerprint density at radius 2 is 2.15 bits per heavy atom. The smallest absolute Gasteiger partial charge is 0.222 e. The van der Waals surface area contributed by atoms with Crippen LogP contribution in [0.25, 0.3) is 11.0 Å². The maximum atomic E-state index is 14.8. The van der Waals surface area contributed by atoms with Gasteiger partial charge in [0.25, 0.3) is 0 Å². The van der Waals surface area contributed by atoms with Crippen LogP contribution in [0.2, 0.25) is 0 Å². The lowest BCUT2D eigenvalue weighted by Gasteiger charge is -2.23. The van der Waals surface area contributed by atoms with Crippen LogP contribution in [0.5, 0.6) is 0 Å². The summed E-state index contributed by atoms with van der Waals surface area (Å²) in [5, 5.41) is 11.8. The van der Waals surface area contributed by atoms with E-state index in [1.54, 1.807) is 35.0 Å². The summed E-state index contributed by atoms with van der Waals surface area (Å²) in [5.74, 6) is -0.00264. The molecule has 0 spiro atoms. The molecule has 0 unspecified atom stereocenters. The number of carbonyl (C=O) groups excluding carboxylic acids is 1. The second kappa shape index (κ2) is 7.03. The minimum absolute atomic E-state index is 0.270. The maximum Gasteiger partial charge on any atom is 0.222 e. The van der Waals surface area contributed by atoms with Crippen molar-refractivity contribution in [2.75, 3.05) is 17.3 Å². The van der Waals surface area contributed by atoms with Crippen molar-refractivity contribution in [3.8, 4) is 6.07 Å². The molecule has 0 radical (unpaired) electrons. The van der Waals surface area contributed by atoms with Gasteiger partial charge >= 0.3 is 0 Å². The van der Waals surface area contributed by atoms with Crippen molar-refractivity contribution >= 4 is 34.3 Å². The van der Waals surface area contributed by atoms with Crippen molar-refractivity contribution in [2.24, 2.45) is 7.05 Å². The Kier molecular flexibility index (Phi) is 4.77. The molecule has 1 N–H and O–H groups in total. The normalized spacial score (nSPS) is 10.7. The van der Waals surface area contributed by atoms with Crippen molar-refractivity contribution in [3.63, 3.8) is 0 Å². The number of nitrogens with one attached hydrogen (secondary N) is 1. The summed E-state index contributed by atoms with van der Waals surface area (Å²) >= 11 is 0. The summed E-state index contributed by atoms with van der Waals surface area (Å²) < 4.78 is 16.6. The van der Waals surface area contributed by atoms with Crippen LogP contribution in [0, 0.1) is 17.1 Å². The third-order valence-corrected chi connectivity index (χ3v) is 4.32. The van der Waals surface area contributed by atoms with E-state index in [2.05, 4.69) is 15.3 Å². The zero-order chi connectivity index (χ0) is 19.7. The Morgan fingerprint density at radius 3 is 2.78 bits per heavy atom. The standard InChI is InChI=1S/C19H19FN6O/c1-5-13-6-12(9-21)7-14(20)18(13)26(4)16-8-15-17(22-10-25(15)3)19(24-16)23-11(2)27/h6-8,10H,5H2,1-4H3,(H,23,24,27). The molecule has 0 aliphatic heterocycles. The largest absolute Gasteiger partial charge is 0.334 e. The Bertz CT molecular complexity index is 1080. The Labute approximate surface area is 156 Å². The highest BCUT2D eigenvalue weighted by molar-refractivity contribution is 5.98. The van der Waals surface area contributed by atoms with Gasteiger partial charge in [0.15, 0.2) is 5.82 Å². The average molecular weight is 366 g/mol. The van der Waals surface area contributed by atoms with E-state index in [0.717, 1.165) is 5.52 Å². The fraction of sp³-hybridized carbons (Fsp3) is 0.263. The molecule has 1 aromatic carbocycles. The highest BCUT2D eigenvalue weighted by Gasteiger charge is 2.19. The van der Waals surface area contributed by atoms with Crippen LogP contribution in [0.15, 0.2) is 24.5 Å². The van der Waals surface area contributed by atoms with Gasteiger partial charge < -0.3 is 14.8 Å². The zero-order valence-corrected chi connectivity index (χ0v) is 15.5. The van der Waals surface area contributed by atoms with Gasteiger partial charge in [-0.2, -0.15) is 5.26 Å². The summed E-state index contributed by atoms with van der Waals surface area (Å²) in [5.41, 5.74) is 2.63. The number of benzene rings is 1. The SMILES string of the molecule is CCc1cc(C#N)cc(F)c1N(C)c1cc2c(ncn2C)c(NC(C)=O)n1. The zero-order valence-electron chi connectivity index (χ0n) is 15.5. The quantitative estimate of drug-likeness (QED) is 0.766. The van der Waals surface area contributed by atoms with Crippen LogP contribution in [0.1, 0.15) is 25.0 Å². The summed E-state index contributed by atoms with van der Waals surface area (Å²) in [7, 11) is 3.53. The van der Waals surface area contributed by atoms with Gasteiger partial charge in [-0.3, -0.25) is 4.79 Å². The topological polar surface area (TPSA) is 86.8 Å². The van der Waals surface area contributed by atoms with E-state index in [0.29, 0.717) is 34.8 Å². The minimum Gasteiger partial charge on any atom is -0.334 e. The molecule has 0 atom stereocenters. The summed E-state index contributed by atoms with van der Waals surface area (Å²) in [6, 6.07) is 6.64. The van der Waals surface area contributed by atoms with Crippen molar-refractivity contribution in [1.29, 1.82) is 5.26 Å². The van der Waals surface area contributed by atoms with Crippen LogP contribution in [0.3, 0.4) is 0 Å². The molecule has 0 bridgehead atoms. The van der Waals surface area contributed by atoms with Crippen LogP contribution < -0.4 is 10.2 Å². The predicted octanol–water partition coefficient (Wildman–Crippen LogP) is 3.27. The molecule has 138 valence electrons. The number of aromatic nitrogens is 3. The van der Waals surface area contributed by atoms with Gasteiger partial charge in [0, 0.05) is 27.1 Å². The molecular formula is C19H19FN6O. The lowest BCUT2D eigenvalue weighted by atomic mass is 10.1. The third kappa shape index (κ3) is 3.31. The molecule has 0 saturated heterocycles. The molecule has 2 aromatic heterocycles. The summed E-state index contributed by atoms with van der Waals surface area (Å²) in [6.07, 6.45) is 2.18. The number of hydrogen-bond acceptors (Lipinski definition) is 5. The average Bonchev–Trinajstić information content (AvgIpc) is 3.01. The Hall–Kier alpha value is -3.47. The first-order valence-corrected chi connectivity index (χ1v) is 8.41. The number of halogens is 1. The van der Waals surface area contributed by atoms with Gasteiger partial charge in [-0.15, -0.1) is 0 Å². The number of pyridine rings is 1. The van der Waals surface area contributed by atoms with Gasteiger partial charge in [-0.25, -0.2) is 14.4 Å². The number of hydrogen-bond donors (Lipinski definition) is 1. The molecule has 0 aliphatic carbocycles. The number of aryl methyl sites for hydroxylation is 2. The van der Waals surface area contributed by atoms with Gasteiger partial charge in [0.05, 0.1) is 29.2 Å². The lowest BCUT2D eigenvalue weighted by molar-refractivity contribution is -0.114.